The second-order valence-electron chi connectivity index (χ2n) is 6.19. The summed E-state index contributed by atoms with van der Waals surface area (Å²) >= 11 is 1.67. The van der Waals surface area contributed by atoms with Crippen LogP contribution >= 0.6 is 11.3 Å². The number of aliphatic imine (C=N–C) groups is 2. The van der Waals surface area contributed by atoms with Gasteiger partial charge < -0.3 is 14.6 Å². The van der Waals surface area contributed by atoms with E-state index >= 15 is 0 Å². The summed E-state index contributed by atoms with van der Waals surface area (Å²) in [4.78, 5) is 25.1. The van der Waals surface area contributed by atoms with Crippen molar-refractivity contribution in [1.82, 2.24) is 10.2 Å². The van der Waals surface area contributed by atoms with E-state index in [-0.39, 0.29) is 11.9 Å². The van der Waals surface area contributed by atoms with Gasteiger partial charge in [-0.2, -0.15) is 0 Å². The predicted molar refractivity (Wildman–Crippen MR) is 99.1 cm³/mol. The molecule has 0 unspecified atom stereocenters. The van der Waals surface area contributed by atoms with E-state index in [0.717, 1.165) is 30.8 Å². The second-order valence-corrected chi connectivity index (χ2v) is 7.17. The highest BCUT2D eigenvalue weighted by molar-refractivity contribution is 7.10. The maximum absolute atomic E-state index is 13.1. The minimum atomic E-state index is -0.124. The normalized spacial score (nSPS) is 16.4. The molecule has 2 aromatic heterocycles. The Morgan fingerprint density at radius 2 is 2.40 bits per heavy atom. The van der Waals surface area contributed by atoms with Crippen LogP contribution < -0.4 is 5.32 Å². The second kappa shape index (κ2) is 6.48. The molecule has 4 rings (SSSR count). The monoisotopic (exact) mass is 356 g/mol. The Morgan fingerprint density at radius 1 is 1.52 bits per heavy atom. The maximum Gasteiger partial charge on any atom is 0.256 e. The molecule has 2 aliphatic rings. The third kappa shape index (κ3) is 2.78. The summed E-state index contributed by atoms with van der Waals surface area (Å²) in [6.45, 7) is 5.43. The largest absolute Gasteiger partial charge is 0.442 e. The van der Waals surface area contributed by atoms with Crippen molar-refractivity contribution in [3.63, 3.8) is 0 Å². The van der Waals surface area contributed by atoms with E-state index in [1.165, 1.54) is 4.88 Å². The van der Waals surface area contributed by atoms with Gasteiger partial charge in [0.25, 0.3) is 5.91 Å². The molecule has 0 radical (unpaired) electrons. The highest BCUT2D eigenvalue weighted by Gasteiger charge is 2.34. The quantitative estimate of drug-likeness (QED) is 0.889. The lowest BCUT2D eigenvalue weighted by Crippen LogP contribution is -2.33. The molecule has 0 fully saturated rings. The van der Waals surface area contributed by atoms with Crippen LogP contribution in [0.3, 0.4) is 0 Å². The van der Waals surface area contributed by atoms with E-state index in [2.05, 4.69) is 28.3 Å². The van der Waals surface area contributed by atoms with Gasteiger partial charge in [0.1, 0.15) is 17.9 Å². The van der Waals surface area contributed by atoms with Crippen molar-refractivity contribution in [2.75, 3.05) is 13.1 Å². The number of furan rings is 1. The minimum absolute atomic E-state index is 0.0103. The topological polar surface area (TPSA) is 70.2 Å². The zero-order valence-electron chi connectivity index (χ0n) is 14.3. The van der Waals surface area contributed by atoms with Gasteiger partial charge in [0.2, 0.25) is 5.88 Å². The van der Waals surface area contributed by atoms with Gasteiger partial charge in [0.15, 0.2) is 0 Å². The summed E-state index contributed by atoms with van der Waals surface area (Å²) in [5.41, 5.74) is 1.27. The first-order valence-electron chi connectivity index (χ1n) is 8.52. The third-order valence-electron chi connectivity index (χ3n) is 4.47. The van der Waals surface area contributed by atoms with E-state index in [9.17, 15) is 4.79 Å². The van der Waals surface area contributed by atoms with E-state index < -0.39 is 0 Å². The van der Waals surface area contributed by atoms with Gasteiger partial charge in [-0.25, -0.2) is 4.99 Å². The summed E-state index contributed by atoms with van der Waals surface area (Å²) in [7, 11) is 0. The molecule has 2 aromatic rings. The Bertz CT molecular complexity index is 851. The molecule has 4 heterocycles. The molecule has 1 amide bonds. The number of amidine groups is 1. The molecular weight excluding hydrogens is 336 g/mol. The van der Waals surface area contributed by atoms with Gasteiger partial charge in [-0.1, -0.05) is 19.4 Å². The van der Waals surface area contributed by atoms with Gasteiger partial charge in [-0.15, -0.1) is 11.3 Å². The fourth-order valence-corrected chi connectivity index (χ4v) is 4.13. The van der Waals surface area contributed by atoms with Crippen molar-refractivity contribution in [3.05, 3.63) is 39.3 Å². The average Bonchev–Trinajstić information content (AvgIpc) is 3.32. The van der Waals surface area contributed by atoms with Crippen LogP contribution in [0.1, 0.15) is 52.4 Å². The van der Waals surface area contributed by atoms with Crippen LogP contribution in [0.25, 0.3) is 0 Å². The molecule has 1 atom stereocenters. The standard InChI is InChI=1S/C18H20N4O2S/c1-3-5-12(13-6-4-9-25-13)21-17(23)14-11(2)24-18-15(14)16-19-7-8-22(16)10-20-18/h4,6,9-10,12H,3,5,7-8H2,1-2H3,(H,21,23)/t12-/m0/s1. The molecule has 0 aromatic carbocycles. The molecule has 0 bridgehead atoms. The van der Waals surface area contributed by atoms with Crippen molar-refractivity contribution >= 4 is 35.3 Å². The van der Waals surface area contributed by atoms with E-state index in [1.807, 2.05) is 23.3 Å². The Labute approximate surface area is 150 Å². The minimum Gasteiger partial charge on any atom is -0.442 e. The lowest BCUT2D eigenvalue weighted by Gasteiger charge is -2.20. The van der Waals surface area contributed by atoms with Gasteiger partial charge in [-0.3, -0.25) is 9.79 Å². The van der Waals surface area contributed by atoms with Crippen LogP contribution in [0.5, 0.6) is 0 Å². The molecule has 7 heteroatoms. The van der Waals surface area contributed by atoms with Crippen molar-refractivity contribution in [2.45, 2.75) is 32.7 Å². The van der Waals surface area contributed by atoms with Gasteiger partial charge >= 0.3 is 0 Å². The molecule has 0 aliphatic carbocycles. The summed E-state index contributed by atoms with van der Waals surface area (Å²) in [5, 5.41) is 5.22. The smallest absolute Gasteiger partial charge is 0.256 e. The van der Waals surface area contributed by atoms with Crippen molar-refractivity contribution in [2.24, 2.45) is 9.98 Å². The average molecular weight is 356 g/mol. The Kier molecular flexibility index (Phi) is 4.17. The number of fused-ring (bicyclic) bond motifs is 3. The van der Waals surface area contributed by atoms with Crippen molar-refractivity contribution in [1.29, 1.82) is 0 Å². The SMILES string of the molecule is CCC[C@H](NC(=O)c1c(C)oc2c1C1=NCCN1C=N2)c1cccs1. The number of nitrogens with zero attached hydrogens (tertiary/aromatic N) is 3. The first kappa shape index (κ1) is 16.1. The van der Waals surface area contributed by atoms with Crippen LogP contribution in [0.4, 0.5) is 5.88 Å². The number of carbonyl (C=O) groups excluding carboxylic acids is 1. The lowest BCUT2D eigenvalue weighted by molar-refractivity contribution is 0.0933. The summed E-state index contributed by atoms with van der Waals surface area (Å²) in [5.74, 6) is 1.72. The zero-order chi connectivity index (χ0) is 17.4. The highest BCUT2D eigenvalue weighted by Crippen LogP contribution is 2.35. The van der Waals surface area contributed by atoms with Gasteiger partial charge in [0, 0.05) is 11.4 Å². The van der Waals surface area contributed by atoms with Gasteiger partial charge in [0.05, 0.1) is 23.7 Å². The number of nitrogens with one attached hydrogen (secondary N) is 1. The molecule has 0 spiro atoms. The number of amides is 1. The van der Waals surface area contributed by atoms with Crippen molar-refractivity contribution in [3.8, 4) is 0 Å². The van der Waals surface area contributed by atoms with Crippen LogP contribution in [-0.2, 0) is 0 Å². The number of carbonyl (C=O) groups is 1. The molecule has 25 heavy (non-hydrogen) atoms. The Balaban J connectivity index is 1.67. The fourth-order valence-electron chi connectivity index (χ4n) is 3.31. The summed E-state index contributed by atoms with van der Waals surface area (Å²) in [6, 6.07) is 4.09. The van der Waals surface area contributed by atoms with Crippen LogP contribution in [0.2, 0.25) is 0 Å². The van der Waals surface area contributed by atoms with E-state index in [1.54, 1.807) is 17.7 Å². The molecule has 0 saturated heterocycles. The molecule has 2 aliphatic heterocycles. The number of rotatable bonds is 5. The first-order valence-corrected chi connectivity index (χ1v) is 9.40. The fraction of sp³-hybridized carbons (Fsp3) is 0.389. The molecule has 1 N–H and O–H groups in total. The predicted octanol–water partition coefficient (Wildman–Crippen LogP) is 3.66. The van der Waals surface area contributed by atoms with Crippen LogP contribution in [0, 0.1) is 6.92 Å². The number of thiophene rings is 1. The Hall–Kier alpha value is -2.41. The summed E-state index contributed by atoms with van der Waals surface area (Å²) < 4.78 is 5.74. The van der Waals surface area contributed by atoms with Crippen LogP contribution in [0.15, 0.2) is 31.9 Å². The van der Waals surface area contributed by atoms with Crippen molar-refractivity contribution < 1.29 is 9.21 Å². The van der Waals surface area contributed by atoms with E-state index in [0.29, 0.717) is 23.8 Å². The number of hydrogen-bond donors (Lipinski definition) is 1. The molecule has 0 saturated carbocycles. The summed E-state index contributed by atoms with van der Waals surface area (Å²) in [6.07, 6.45) is 3.62. The number of aryl methyl sites for hydroxylation is 1. The zero-order valence-corrected chi connectivity index (χ0v) is 15.1. The first-order chi connectivity index (χ1) is 12.2. The molecule has 130 valence electrons. The lowest BCUT2D eigenvalue weighted by atomic mass is 10.1. The Morgan fingerprint density at radius 3 is 3.16 bits per heavy atom. The van der Waals surface area contributed by atoms with Gasteiger partial charge in [-0.05, 0) is 24.8 Å². The number of hydrogen-bond acceptors (Lipinski definition) is 6. The van der Waals surface area contributed by atoms with Crippen LogP contribution in [-0.4, -0.2) is 36.1 Å². The van der Waals surface area contributed by atoms with E-state index in [4.69, 9.17) is 4.42 Å². The molecule has 6 nitrogen and oxygen atoms in total. The highest BCUT2D eigenvalue weighted by atomic mass is 32.1. The molecular formula is C18H20N4O2S. The third-order valence-corrected chi connectivity index (χ3v) is 5.46. The maximum atomic E-state index is 13.1.